The molecule has 1 atom stereocenters. The standard InChI is InChI=1S/C32H34ClN3O4.H2S/c1-22(24-11-15-28(33)16-12-24)35-32(40)36(29-17-13-26(14-18-29)25-5-3-2-4-6-25)21-23-7-9-27(10-8-23)31(39)34-20-19-30(37)38;/h5,7-18,22H,2-4,6,19-21H2,1H3,(H,34,39)(H,35,40)(H,37,38);1H2/t22-;/m0./s1. The summed E-state index contributed by atoms with van der Waals surface area (Å²) in [6.07, 6.45) is 6.75. The van der Waals surface area contributed by atoms with Crippen LogP contribution < -0.4 is 15.5 Å². The summed E-state index contributed by atoms with van der Waals surface area (Å²) in [5, 5.41) is 15.1. The molecule has 7 nitrogen and oxygen atoms in total. The number of hydrogen-bond acceptors (Lipinski definition) is 3. The first-order valence-electron chi connectivity index (χ1n) is 13.5. The van der Waals surface area contributed by atoms with E-state index in [1.165, 1.54) is 24.0 Å². The maximum atomic E-state index is 13.6. The second-order valence-corrected chi connectivity index (χ2v) is 10.4. The molecule has 1 aliphatic carbocycles. The molecule has 0 saturated heterocycles. The first-order chi connectivity index (χ1) is 19.3. The van der Waals surface area contributed by atoms with Crippen molar-refractivity contribution < 1.29 is 19.5 Å². The third-order valence-corrected chi connectivity index (χ3v) is 7.23. The second kappa shape index (κ2) is 15.3. The number of nitrogens with zero attached hydrogens (tertiary/aromatic N) is 1. The molecule has 41 heavy (non-hydrogen) atoms. The normalized spacial score (nSPS) is 13.3. The summed E-state index contributed by atoms with van der Waals surface area (Å²) in [5.41, 5.74) is 5.49. The van der Waals surface area contributed by atoms with E-state index in [2.05, 4.69) is 28.8 Å². The summed E-state index contributed by atoms with van der Waals surface area (Å²) in [7, 11) is 0. The number of rotatable bonds is 10. The number of anilines is 1. The Morgan fingerprint density at radius 2 is 1.63 bits per heavy atom. The van der Waals surface area contributed by atoms with Gasteiger partial charge in [0.15, 0.2) is 0 Å². The maximum Gasteiger partial charge on any atom is 0.322 e. The number of aliphatic carboxylic acids is 1. The van der Waals surface area contributed by atoms with Crippen LogP contribution in [0.25, 0.3) is 5.57 Å². The van der Waals surface area contributed by atoms with Gasteiger partial charge in [0.05, 0.1) is 19.0 Å². The molecular weight excluding hydrogens is 558 g/mol. The molecule has 0 spiro atoms. The van der Waals surface area contributed by atoms with Crippen LogP contribution in [0.1, 0.15) is 72.1 Å². The van der Waals surface area contributed by atoms with E-state index in [1.54, 1.807) is 41.3 Å². The van der Waals surface area contributed by atoms with Crippen LogP contribution in [0.4, 0.5) is 10.5 Å². The van der Waals surface area contributed by atoms with Gasteiger partial charge in [-0.25, -0.2) is 4.79 Å². The van der Waals surface area contributed by atoms with Gasteiger partial charge in [0.1, 0.15) is 0 Å². The number of benzene rings is 3. The van der Waals surface area contributed by atoms with E-state index in [0.29, 0.717) is 17.1 Å². The lowest BCUT2D eigenvalue weighted by Crippen LogP contribution is -2.40. The Kier molecular flexibility index (Phi) is 11.9. The highest BCUT2D eigenvalue weighted by Gasteiger charge is 2.20. The number of hydrogen-bond donors (Lipinski definition) is 3. The summed E-state index contributed by atoms with van der Waals surface area (Å²) in [6, 6.07) is 21.9. The summed E-state index contributed by atoms with van der Waals surface area (Å²) in [6.45, 7) is 2.28. The first-order valence-corrected chi connectivity index (χ1v) is 13.9. The summed E-state index contributed by atoms with van der Waals surface area (Å²) < 4.78 is 0. The molecule has 3 aromatic rings. The summed E-state index contributed by atoms with van der Waals surface area (Å²) >= 11 is 6.03. The molecule has 0 fully saturated rings. The molecule has 0 bridgehead atoms. The van der Waals surface area contributed by atoms with Gasteiger partial charge in [0.25, 0.3) is 5.91 Å². The topological polar surface area (TPSA) is 98.7 Å². The molecule has 0 aromatic heterocycles. The quantitative estimate of drug-likeness (QED) is 0.234. The van der Waals surface area contributed by atoms with E-state index >= 15 is 0 Å². The number of halogens is 1. The average molecular weight is 594 g/mol. The molecule has 1 aliphatic rings. The summed E-state index contributed by atoms with van der Waals surface area (Å²) in [5.74, 6) is -1.31. The van der Waals surface area contributed by atoms with Gasteiger partial charge in [-0.05, 0) is 91.3 Å². The lowest BCUT2D eigenvalue weighted by Gasteiger charge is -2.26. The largest absolute Gasteiger partial charge is 0.481 e. The number of carboxylic acid groups (broad SMARTS) is 1. The Morgan fingerprint density at radius 1 is 0.951 bits per heavy atom. The number of amides is 3. The molecule has 0 aliphatic heterocycles. The van der Waals surface area contributed by atoms with Gasteiger partial charge in [-0.2, -0.15) is 13.5 Å². The third-order valence-electron chi connectivity index (χ3n) is 6.98. The van der Waals surface area contributed by atoms with Crippen LogP contribution in [-0.4, -0.2) is 29.6 Å². The predicted molar refractivity (Wildman–Crippen MR) is 169 cm³/mol. The van der Waals surface area contributed by atoms with Gasteiger partial charge in [-0.3, -0.25) is 14.5 Å². The molecule has 3 amide bonds. The van der Waals surface area contributed by atoms with Crippen LogP contribution in [0.3, 0.4) is 0 Å². The Hall–Kier alpha value is -3.75. The molecule has 216 valence electrons. The van der Waals surface area contributed by atoms with Crippen LogP contribution >= 0.6 is 25.1 Å². The van der Waals surface area contributed by atoms with Crippen LogP contribution in [0, 0.1) is 0 Å². The maximum absolute atomic E-state index is 13.6. The van der Waals surface area contributed by atoms with Crippen molar-refractivity contribution in [2.24, 2.45) is 0 Å². The van der Waals surface area contributed by atoms with Crippen molar-refractivity contribution in [2.75, 3.05) is 11.4 Å². The fourth-order valence-corrected chi connectivity index (χ4v) is 4.79. The minimum Gasteiger partial charge on any atom is -0.481 e. The van der Waals surface area contributed by atoms with Crippen molar-refractivity contribution in [2.45, 2.75) is 51.6 Å². The molecule has 0 unspecified atom stereocenters. The van der Waals surface area contributed by atoms with Gasteiger partial charge in [0.2, 0.25) is 0 Å². The highest BCUT2D eigenvalue weighted by molar-refractivity contribution is 7.59. The number of nitrogens with one attached hydrogen (secondary N) is 2. The highest BCUT2D eigenvalue weighted by atomic mass is 35.5. The molecule has 0 heterocycles. The highest BCUT2D eigenvalue weighted by Crippen LogP contribution is 2.29. The van der Waals surface area contributed by atoms with Gasteiger partial charge < -0.3 is 15.7 Å². The number of allylic oxidation sites excluding steroid dienone is 2. The number of carboxylic acids is 1. The molecule has 3 aromatic carbocycles. The Labute approximate surface area is 253 Å². The number of carbonyl (C=O) groups is 3. The summed E-state index contributed by atoms with van der Waals surface area (Å²) in [4.78, 5) is 38.3. The van der Waals surface area contributed by atoms with Gasteiger partial charge >= 0.3 is 12.0 Å². The Morgan fingerprint density at radius 3 is 2.24 bits per heavy atom. The lowest BCUT2D eigenvalue weighted by atomic mass is 9.93. The molecular formula is C32H36ClN3O4S. The van der Waals surface area contributed by atoms with Crippen molar-refractivity contribution in [3.05, 3.63) is 106 Å². The zero-order valence-electron chi connectivity index (χ0n) is 23.0. The third kappa shape index (κ3) is 9.13. The number of carbonyl (C=O) groups excluding carboxylic acids is 2. The Bertz CT molecular complexity index is 1360. The SMILES string of the molecule is C[C@H](NC(=O)N(Cc1ccc(C(=O)NCCC(=O)O)cc1)c1ccc(C2=CCCCC2)cc1)c1ccc(Cl)cc1.S. The predicted octanol–water partition coefficient (Wildman–Crippen LogP) is 7.09. The minimum atomic E-state index is -0.970. The van der Waals surface area contributed by atoms with Crippen molar-refractivity contribution in [3.63, 3.8) is 0 Å². The molecule has 9 heteroatoms. The zero-order valence-corrected chi connectivity index (χ0v) is 24.8. The van der Waals surface area contributed by atoms with Crippen LogP contribution in [0.5, 0.6) is 0 Å². The van der Waals surface area contributed by atoms with Gasteiger partial charge in [-0.1, -0.05) is 54.1 Å². The Balaban J connectivity index is 0.00000462. The molecule has 0 radical (unpaired) electrons. The van der Waals surface area contributed by atoms with E-state index in [1.807, 2.05) is 31.2 Å². The number of urea groups is 1. The second-order valence-electron chi connectivity index (χ2n) is 9.93. The van der Waals surface area contributed by atoms with Crippen LogP contribution in [-0.2, 0) is 11.3 Å². The smallest absolute Gasteiger partial charge is 0.322 e. The van der Waals surface area contributed by atoms with Gasteiger partial charge in [-0.15, -0.1) is 0 Å². The van der Waals surface area contributed by atoms with Crippen molar-refractivity contribution in [3.8, 4) is 0 Å². The average Bonchev–Trinajstić information content (AvgIpc) is 2.97. The minimum absolute atomic E-state index is 0. The lowest BCUT2D eigenvalue weighted by molar-refractivity contribution is -0.136. The monoisotopic (exact) mass is 593 g/mol. The van der Waals surface area contributed by atoms with E-state index in [4.69, 9.17) is 16.7 Å². The zero-order chi connectivity index (χ0) is 28.5. The van der Waals surface area contributed by atoms with E-state index < -0.39 is 5.97 Å². The fourth-order valence-electron chi connectivity index (χ4n) is 4.66. The van der Waals surface area contributed by atoms with Crippen LogP contribution in [0.15, 0.2) is 78.9 Å². The first kappa shape index (κ1) is 31.8. The van der Waals surface area contributed by atoms with E-state index in [0.717, 1.165) is 29.7 Å². The van der Waals surface area contributed by atoms with E-state index in [9.17, 15) is 14.4 Å². The molecule has 4 rings (SSSR count). The molecule has 0 saturated carbocycles. The van der Waals surface area contributed by atoms with Crippen LogP contribution in [0.2, 0.25) is 5.02 Å². The fraction of sp³-hybridized carbons (Fsp3) is 0.281. The van der Waals surface area contributed by atoms with E-state index in [-0.39, 0.29) is 44.4 Å². The van der Waals surface area contributed by atoms with Crippen molar-refractivity contribution >= 4 is 54.3 Å². The van der Waals surface area contributed by atoms with Crippen molar-refractivity contribution in [1.82, 2.24) is 10.6 Å². The van der Waals surface area contributed by atoms with Crippen molar-refractivity contribution in [1.29, 1.82) is 0 Å². The van der Waals surface area contributed by atoms with Gasteiger partial charge in [0, 0.05) is 22.8 Å². The molecule has 3 N–H and O–H groups in total.